The molecule has 7 atom stereocenters. The average Bonchev–Trinajstić information content (AvgIpc) is 3.49. The van der Waals surface area contributed by atoms with Crippen LogP contribution in [-0.2, 0) is 77.1 Å². The Hall–Kier alpha value is -5.65. The number of carbonyl (C=O) groups excluding carboxylic acids is 5. The fourth-order valence-electron chi connectivity index (χ4n) is 6.35. The molecular formula is C39H42NO17P. The number of nitrogens with one attached hydrogen (secondary N) is 1. The summed E-state index contributed by atoms with van der Waals surface area (Å²) in [5.41, 5.74) is 4.26. The second-order valence-electron chi connectivity index (χ2n) is 13.0. The van der Waals surface area contributed by atoms with Gasteiger partial charge in [0, 0.05) is 33.6 Å². The number of carbonyl (C=O) groups is 6. The van der Waals surface area contributed by atoms with Crippen molar-refractivity contribution in [2.45, 2.75) is 77.0 Å². The van der Waals surface area contributed by atoms with Crippen molar-refractivity contribution < 1.29 is 80.4 Å². The minimum absolute atomic E-state index is 0.141. The first-order chi connectivity index (χ1) is 27.6. The SMILES string of the molecule is CC(=O)OC[C@H]1O[C@H](OP(=O)(OCc2ccccc2)OC[C@H](NC(=O)OCC2c3ccccc3-c3ccccc32)C(=O)O)[C@@H](OC(C)=O)[C@@H](OC(C)=O)[C@@H]1OC(C)=O. The van der Waals surface area contributed by atoms with Crippen LogP contribution in [0.25, 0.3) is 11.1 Å². The van der Waals surface area contributed by atoms with Gasteiger partial charge >= 0.3 is 43.8 Å². The van der Waals surface area contributed by atoms with Gasteiger partial charge in [-0.25, -0.2) is 14.2 Å². The van der Waals surface area contributed by atoms with Crippen molar-refractivity contribution in [1.29, 1.82) is 0 Å². The lowest BCUT2D eigenvalue weighted by Crippen LogP contribution is -2.62. The Morgan fingerprint density at radius 2 is 1.24 bits per heavy atom. The number of ether oxygens (including phenoxy) is 6. The number of benzene rings is 3. The van der Waals surface area contributed by atoms with Gasteiger partial charge in [-0.3, -0.25) is 32.7 Å². The molecule has 2 N–H and O–H groups in total. The minimum atomic E-state index is -5.08. The quantitative estimate of drug-likeness (QED) is 0.109. The molecule has 0 spiro atoms. The molecule has 3 aromatic carbocycles. The summed E-state index contributed by atoms with van der Waals surface area (Å²) in [4.78, 5) is 74.0. The summed E-state index contributed by atoms with van der Waals surface area (Å²) < 4.78 is 63.9. The van der Waals surface area contributed by atoms with E-state index in [2.05, 4.69) is 5.32 Å². The van der Waals surface area contributed by atoms with Crippen LogP contribution in [0.2, 0.25) is 0 Å². The normalized spacial score (nSPS) is 21.2. The Kier molecular flexibility index (Phi) is 14.7. The Bertz CT molecular complexity index is 1980. The Morgan fingerprint density at radius 3 is 1.81 bits per heavy atom. The third kappa shape index (κ3) is 11.5. The number of phosphoric acid groups is 1. The highest BCUT2D eigenvalue weighted by atomic mass is 31.2. The maximum Gasteiger partial charge on any atom is 0.477 e. The van der Waals surface area contributed by atoms with E-state index in [9.17, 15) is 38.4 Å². The van der Waals surface area contributed by atoms with Gasteiger partial charge < -0.3 is 38.8 Å². The summed E-state index contributed by atoms with van der Waals surface area (Å²) in [6.07, 6.45) is -9.73. The van der Waals surface area contributed by atoms with Crippen LogP contribution in [-0.4, -0.2) is 97.6 Å². The summed E-state index contributed by atoms with van der Waals surface area (Å²) in [5, 5.41) is 12.2. The number of phosphoric ester groups is 1. The number of amides is 1. The number of rotatable bonds is 17. The molecular weight excluding hydrogens is 785 g/mol. The number of carboxylic acid groups (broad SMARTS) is 1. The minimum Gasteiger partial charge on any atom is -0.480 e. The van der Waals surface area contributed by atoms with Crippen molar-refractivity contribution in [2.75, 3.05) is 19.8 Å². The summed E-state index contributed by atoms with van der Waals surface area (Å²) in [6, 6.07) is 21.6. The van der Waals surface area contributed by atoms with E-state index in [1.54, 1.807) is 30.3 Å². The largest absolute Gasteiger partial charge is 0.480 e. The highest BCUT2D eigenvalue weighted by Crippen LogP contribution is 2.53. The number of aliphatic carboxylic acids is 1. The molecule has 2 aliphatic rings. The molecule has 3 aromatic rings. The molecule has 310 valence electrons. The topological polar surface area (TPSA) is 235 Å². The van der Waals surface area contributed by atoms with Crippen LogP contribution in [0.1, 0.15) is 50.3 Å². The lowest BCUT2D eigenvalue weighted by molar-refractivity contribution is -0.292. The Balaban J connectivity index is 1.37. The molecule has 5 rings (SSSR count). The van der Waals surface area contributed by atoms with Crippen LogP contribution in [0.4, 0.5) is 4.79 Å². The molecule has 1 amide bonds. The lowest BCUT2D eigenvalue weighted by Gasteiger charge is -2.44. The molecule has 1 aliphatic heterocycles. The van der Waals surface area contributed by atoms with Crippen molar-refractivity contribution in [3.63, 3.8) is 0 Å². The zero-order chi connectivity index (χ0) is 42.0. The summed E-state index contributed by atoms with van der Waals surface area (Å²) in [5.74, 6) is -5.52. The number of esters is 4. The number of fused-ring (bicyclic) bond motifs is 3. The molecule has 0 saturated carbocycles. The van der Waals surface area contributed by atoms with E-state index in [1.807, 2.05) is 48.5 Å². The van der Waals surface area contributed by atoms with Gasteiger partial charge in [0.15, 0.2) is 24.4 Å². The highest BCUT2D eigenvalue weighted by Gasteiger charge is 2.55. The van der Waals surface area contributed by atoms with Crippen molar-refractivity contribution in [1.82, 2.24) is 5.32 Å². The van der Waals surface area contributed by atoms with Crippen molar-refractivity contribution in [2.24, 2.45) is 0 Å². The fraction of sp³-hybridized carbons (Fsp3) is 0.385. The molecule has 0 bridgehead atoms. The Morgan fingerprint density at radius 1 is 0.690 bits per heavy atom. The second kappa shape index (κ2) is 19.7. The molecule has 0 radical (unpaired) electrons. The zero-order valence-electron chi connectivity index (χ0n) is 31.8. The standard InChI is InChI=1S/C39H42NO17P/c1-22(41)49-21-33-34(53-23(2)42)35(54-24(3)43)36(55-25(4)44)38(56-33)57-58(48,51-18-26-12-6-5-7-13-26)52-20-32(37(45)46)40-39(47)50-19-31-29-16-10-8-14-27(29)28-15-9-11-17-30(28)31/h5-17,31-36,38H,18-21H2,1-4H3,(H,40,47)(H,45,46)/t32-,33+,34+,35-,36-,38+,58?/m0/s1. The summed E-state index contributed by atoms with van der Waals surface area (Å²) in [6.45, 7) is 1.87. The zero-order valence-corrected chi connectivity index (χ0v) is 32.7. The van der Waals surface area contributed by atoms with Crippen LogP contribution < -0.4 is 5.32 Å². The van der Waals surface area contributed by atoms with Gasteiger partial charge in [0.1, 0.15) is 19.3 Å². The molecule has 19 heteroatoms. The Labute approximate surface area is 332 Å². The molecule has 1 fully saturated rings. The van der Waals surface area contributed by atoms with Gasteiger partial charge in [-0.1, -0.05) is 78.9 Å². The fourth-order valence-corrected chi connectivity index (χ4v) is 7.61. The van der Waals surface area contributed by atoms with Gasteiger partial charge in [-0.15, -0.1) is 0 Å². The van der Waals surface area contributed by atoms with E-state index < -0.39 is 100 Å². The summed E-state index contributed by atoms with van der Waals surface area (Å²) in [7, 11) is -5.08. The monoisotopic (exact) mass is 827 g/mol. The van der Waals surface area contributed by atoms with E-state index in [0.717, 1.165) is 49.9 Å². The van der Waals surface area contributed by atoms with Crippen LogP contribution in [0.5, 0.6) is 0 Å². The van der Waals surface area contributed by atoms with E-state index in [-0.39, 0.29) is 12.5 Å². The van der Waals surface area contributed by atoms with Gasteiger partial charge in [0.05, 0.1) is 13.2 Å². The van der Waals surface area contributed by atoms with Crippen LogP contribution in [0.3, 0.4) is 0 Å². The molecule has 1 unspecified atom stereocenters. The maximum atomic E-state index is 14.5. The van der Waals surface area contributed by atoms with Crippen LogP contribution in [0.15, 0.2) is 78.9 Å². The number of carboxylic acids is 1. The van der Waals surface area contributed by atoms with E-state index >= 15 is 0 Å². The predicted molar refractivity (Wildman–Crippen MR) is 197 cm³/mol. The van der Waals surface area contributed by atoms with Gasteiger partial charge in [-0.05, 0) is 27.8 Å². The maximum absolute atomic E-state index is 14.5. The average molecular weight is 828 g/mol. The molecule has 58 heavy (non-hydrogen) atoms. The third-order valence-electron chi connectivity index (χ3n) is 8.75. The van der Waals surface area contributed by atoms with E-state index in [0.29, 0.717) is 5.56 Å². The first kappa shape index (κ1) is 43.5. The highest BCUT2D eigenvalue weighted by molar-refractivity contribution is 7.48. The lowest BCUT2D eigenvalue weighted by atomic mass is 9.98. The molecule has 1 heterocycles. The predicted octanol–water partition coefficient (Wildman–Crippen LogP) is 4.42. The molecule has 0 aromatic heterocycles. The van der Waals surface area contributed by atoms with Crippen LogP contribution >= 0.6 is 7.82 Å². The first-order valence-corrected chi connectivity index (χ1v) is 19.4. The van der Waals surface area contributed by atoms with Gasteiger partial charge in [0.25, 0.3) is 0 Å². The second-order valence-corrected chi connectivity index (χ2v) is 14.7. The number of hydrogen-bond donors (Lipinski definition) is 2. The van der Waals surface area contributed by atoms with Gasteiger partial charge in [-0.2, -0.15) is 0 Å². The number of hydrogen-bond acceptors (Lipinski definition) is 16. The smallest absolute Gasteiger partial charge is 0.477 e. The molecule has 1 saturated heterocycles. The van der Waals surface area contributed by atoms with E-state index in [1.165, 1.54) is 0 Å². The van der Waals surface area contributed by atoms with Crippen molar-refractivity contribution >= 4 is 43.8 Å². The van der Waals surface area contributed by atoms with Crippen molar-refractivity contribution in [3.8, 4) is 11.1 Å². The third-order valence-corrected chi connectivity index (χ3v) is 10.1. The van der Waals surface area contributed by atoms with Gasteiger partial charge in [0.2, 0.25) is 6.29 Å². The number of alkyl carbamates (subject to hydrolysis) is 1. The van der Waals surface area contributed by atoms with Crippen LogP contribution in [0, 0.1) is 0 Å². The van der Waals surface area contributed by atoms with Crippen molar-refractivity contribution in [3.05, 3.63) is 95.6 Å². The first-order valence-electron chi connectivity index (χ1n) is 17.9. The summed E-state index contributed by atoms with van der Waals surface area (Å²) >= 11 is 0. The molecule has 1 aliphatic carbocycles. The van der Waals surface area contributed by atoms with E-state index in [4.69, 9.17) is 42.0 Å². The molecule has 18 nitrogen and oxygen atoms in total.